The molecule has 0 aromatic carbocycles. The van der Waals surface area contributed by atoms with Gasteiger partial charge in [0.2, 0.25) is 6.04 Å². The lowest BCUT2D eigenvalue weighted by Gasteiger charge is -2.05. The second-order valence-electron chi connectivity index (χ2n) is 2.38. The SMILES string of the molecule is O=C(O)[C@@H]1CC=C[C@H]1[N+](=O)[O-]. The molecule has 1 aliphatic rings. The van der Waals surface area contributed by atoms with Crippen LogP contribution in [0.3, 0.4) is 0 Å². The van der Waals surface area contributed by atoms with E-state index in [0.717, 1.165) is 0 Å². The van der Waals surface area contributed by atoms with Crippen molar-refractivity contribution in [3.63, 3.8) is 0 Å². The van der Waals surface area contributed by atoms with Gasteiger partial charge in [0.25, 0.3) is 0 Å². The monoisotopic (exact) mass is 157 g/mol. The van der Waals surface area contributed by atoms with Crippen LogP contribution in [0.15, 0.2) is 12.2 Å². The Morgan fingerprint density at radius 1 is 1.73 bits per heavy atom. The van der Waals surface area contributed by atoms with Gasteiger partial charge in [0.05, 0.1) is 0 Å². The van der Waals surface area contributed by atoms with Crippen LogP contribution in [-0.2, 0) is 4.79 Å². The number of carboxylic acids is 1. The average Bonchev–Trinajstić information content (AvgIpc) is 2.32. The molecule has 5 heteroatoms. The Morgan fingerprint density at radius 2 is 2.36 bits per heavy atom. The van der Waals surface area contributed by atoms with Gasteiger partial charge in [-0.2, -0.15) is 0 Å². The molecule has 2 atom stereocenters. The maximum absolute atomic E-state index is 10.4. The second kappa shape index (κ2) is 2.69. The Kier molecular flexibility index (Phi) is 1.89. The molecular formula is C6H7NO4. The molecule has 1 rings (SSSR count). The Balaban J connectivity index is 2.71. The second-order valence-corrected chi connectivity index (χ2v) is 2.38. The molecule has 1 aliphatic carbocycles. The minimum atomic E-state index is -1.10. The third-order valence-corrected chi connectivity index (χ3v) is 1.70. The highest BCUT2D eigenvalue weighted by atomic mass is 16.6. The van der Waals surface area contributed by atoms with Crippen LogP contribution in [0, 0.1) is 16.0 Å². The first-order chi connectivity index (χ1) is 5.13. The number of rotatable bonds is 2. The molecule has 0 saturated carbocycles. The molecule has 11 heavy (non-hydrogen) atoms. The van der Waals surface area contributed by atoms with E-state index >= 15 is 0 Å². The highest BCUT2D eigenvalue weighted by Crippen LogP contribution is 2.20. The summed E-state index contributed by atoms with van der Waals surface area (Å²) in [5.74, 6) is -1.97. The van der Waals surface area contributed by atoms with Crippen LogP contribution in [0.1, 0.15) is 6.42 Å². The van der Waals surface area contributed by atoms with Gasteiger partial charge < -0.3 is 5.11 Å². The van der Waals surface area contributed by atoms with Crippen LogP contribution in [0.4, 0.5) is 0 Å². The normalized spacial score (nSPS) is 28.7. The van der Waals surface area contributed by atoms with Crippen LogP contribution in [0.25, 0.3) is 0 Å². The van der Waals surface area contributed by atoms with Crippen molar-refractivity contribution >= 4 is 5.97 Å². The molecule has 0 unspecified atom stereocenters. The fourth-order valence-electron chi connectivity index (χ4n) is 1.10. The van der Waals surface area contributed by atoms with Crippen LogP contribution >= 0.6 is 0 Å². The summed E-state index contributed by atoms with van der Waals surface area (Å²) in [6, 6.07) is -1.03. The first-order valence-corrected chi connectivity index (χ1v) is 3.16. The maximum atomic E-state index is 10.4. The van der Waals surface area contributed by atoms with Gasteiger partial charge in [-0.05, 0) is 12.5 Å². The Morgan fingerprint density at radius 3 is 2.73 bits per heavy atom. The summed E-state index contributed by atoms with van der Waals surface area (Å²) in [4.78, 5) is 20.0. The Hall–Kier alpha value is -1.39. The number of allylic oxidation sites excluding steroid dienone is 1. The fourth-order valence-corrected chi connectivity index (χ4v) is 1.10. The number of aliphatic carboxylic acids is 1. The number of nitro groups is 1. The molecule has 0 aliphatic heterocycles. The van der Waals surface area contributed by atoms with Crippen molar-refractivity contribution in [3.8, 4) is 0 Å². The molecule has 0 amide bonds. The molecule has 0 bridgehead atoms. The van der Waals surface area contributed by atoms with Crippen molar-refractivity contribution in [2.45, 2.75) is 12.5 Å². The lowest BCUT2D eigenvalue weighted by Crippen LogP contribution is -2.29. The highest BCUT2D eigenvalue weighted by Gasteiger charge is 2.37. The summed E-state index contributed by atoms with van der Waals surface area (Å²) in [6.07, 6.45) is 3.13. The zero-order valence-electron chi connectivity index (χ0n) is 5.64. The molecule has 0 radical (unpaired) electrons. The zero-order valence-corrected chi connectivity index (χ0v) is 5.64. The molecule has 0 saturated heterocycles. The predicted octanol–water partition coefficient (Wildman–Crippen LogP) is 0.292. The minimum Gasteiger partial charge on any atom is -0.481 e. The molecule has 0 aromatic rings. The van der Waals surface area contributed by atoms with E-state index in [4.69, 9.17) is 5.11 Å². The number of carboxylic acid groups (broad SMARTS) is 1. The lowest BCUT2D eigenvalue weighted by atomic mass is 10.0. The molecule has 0 fully saturated rings. The molecular weight excluding hydrogens is 150 g/mol. The summed E-state index contributed by atoms with van der Waals surface area (Å²) in [5, 5.41) is 18.7. The number of carbonyl (C=O) groups is 1. The molecule has 5 nitrogen and oxygen atoms in total. The minimum absolute atomic E-state index is 0.265. The van der Waals surface area contributed by atoms with Crippen LogP contribution in [0.5, 0.6) is 0 Å². The standard InChI is InChI=1S/C6H7NO4/c8-6(9)4-2-1-3-5(4)7(10)11/h1,3-5H,2H2,(H,8,9)/t4-,5-/m1/s1. The quantitative estimate of drug-likeness (QED) is 0.355. The molecule has 1 N–H and O–H groups in total. The Labute approximate surface area is 62.5 Å². The fraction of sp³-hybridized carbons (Fsp3) is 0.500. The van der Waals surface area contributed by atoms with Gasteiger partial charge in [-0.25, -0.2) is 0 Å². The van der Waals surface area contributed by atoms with Crippen LogP contribution in [-0.4, -0.2) is 22.0 Å². The van der Waals surface area contributed by atoms with Gasteiger partial charge in [0, 0.05) is 4.92 Å². The topological polar surface area (TPSA) is 80.4 Å². The van der Waals surface area contributed by atoms with Crippen LogP contribution in [0.2, 0.25) is 0 Å². The van der Waals surface area contributed by atoms with E-state index in [1.54, 1.807) is 0 Å². The Bertz CT molecular complexity index is 223. The summed E-state index contributed by atoms with van der Waals surface area (Å²) in [7, 11) is 0. The van der Waals surface area contributed by atoms with E-state index in [0.29, 0.717) is 0 Å². The summed E-state index contributed by atoms with van der Waals surface area (Å²) in [5.41, 5.74) is 0. The smallest absolute Gasteiger partial charge is 0.314 e. The van der Waals surface area contributed by atoms with Crippen molar-refractivity contribution in [3.05, 3.63) is 22.3 Å². The summed E-state index contributed by atoms with van der Waals surface area (Å²) >= 11 is 0. The lowest BCUT2D eigenvalue weighted by molar-refractivity contribution is -0.514. The van der Waals surface area contributed by atoms with Crippen molar-refractivity contribution in [1.29, 1.82) is 0 Å². The van der Waals surface area contributed by atoms with E-state index in [9.17, 15) is 14.9 Å². The zero-order chi connectivity index (χ0) is 8.43. The van der Waals surface area contributed by atoms with E-state index in [1.165, 1.54) is 12.2 Å². The molecule has 0 spiro atoms. The van der Waals surface area contributed by atoms with Gasteiger partial charge in [-0.15, -0.1) is 0 Å². The third kappa shape index (κ3) is 1.36. The summed E-state index contributed by atoms with van der Waals surface area (Å²) < 4.78 is 0. The number of hydrogen-bond acceptors (Lipinski definition) is 3. The van der Waals surface area contributed by atoms with Crippen molar-refractivity contribution in [2.24, 2.45) is 5.92 Å². The predicted molar refractivity (Wildman–Crippen MR) is 35.7 cm³/mol. The first kappa shape index (κ1) is 7.71. The van der Waals surface area contributed by atoms with E-state index in [1.807, 2.05) is 0 Å². The van der Waals surface area contributed by atoms with Gasteiger partial charge >= 0.3 is 5.97 Å². The van der Waals surface area contributed by atoms with Gasteiger partial charge in [-0.3, -0.25) is 14.9 Å². The summed E-state index contributed by atoms with van der Waals surface area (Å²) in [6.45, 7) is 0. The van der Waals surface area contributed by atoms with Gasteiger partial charge in [0.1, 0.15) is 5.92 Å². The van der Waals surface area contributed by atoms with Crippen molar-refractivity contribution in [1.82, 2.24) is 0 Å². The maximum Gasteiger partial charge on any atom is 0.314 e. The van der Waals surface area contributed by atoms with E-state index in [-0.39, 0.29) is 6.42 Å². The molecule has 60 valence electrons. The van der Waals surface area contributed by atoms with Gasteiger partial charge in [0.15, 0.2) is 0 Å². The van der Waals surface area contributed by atoms with Crippen LogP contribution < -0.4 is 0 Å². The van der Waals surface area contributed by atoms with E-state index in [2.05, 4.69) is 0 Å². The highest BCUT2D eigenvalue weighted by molar-refractivity contribution is 5.72. The van der Waals surface area contributed by atoms with Crippen molar-refractivity contribution < 1.29 is 14.8 Å². The molecule has 0 heterocycles. The average molecular weight is 157 g/mol. The molecule has 0 aromatic heterocycles. The largest absolute Gasteiger partial charge is 0.481 e. The third-order valence-electron chi connectivity index (χ3n) is 1.70. The van der Waals surface area contributed by atoms with Gasteiger partial charge in [-0.1, -0.05) is 6.08 Å². The number of nitrogens with zero attached hydrogens (tertiary/aromatic N) is 1. The first-order valence-electron chi connectivity index (χ1n) is 3.16. The van der Waals surface area contributed by atoms with Crippen molar-refractivity contribution in [2.75, 3.05) is 0 Å². The number of hydrogen-bond donors (Lipinski definition) is 1. The van der Waals surface area contributed by atoms with E-state index < -0.39 is 22.9 Å².